The van der Waals surface area contributed by atoms with Crippen molar-refractivity contribution in [1.29, 1.82) is 0 Å². The first-order chi connectivity index (χ1) is 14.8. The number of amidine groups is 1. The number of benzene rings is 1. The van der Waals surface area contributed by atoms with Gasteiger partial charge in [0.1, 0.15) is 5.84 Å². The van der Waals surface area contributed by atoms with E-state index < -0.39 is 11.7 Å². The average molecular weight is 439 g/mol. The van der Waals surface area contributed by atoms with Crippen LogP contribution in [0, 0.1) is 0 Å². The lowest BCUT2D eigenvalue weighted by Gasteiger charge is -2.39. The summed E-state index contributed by atoms with van der Waals surface area (Å²) in [5.41, 5.74) is 0.249. The van der Waals surface area contributed by atoms with Gasteiger partial charge in [-0.25, -0.2) is 0 Å². The van der Waals surface area contributed by atoms with E-state index in [4.69, 9.17) is 4.99 Å². The fraction of sp³-hybridized carbons (Fsp3) is 0.625. The molecule has 1 fully saturated rings. The summed E-state index contributed by atoms with van der Waals surface area (Å²) in [7, 11) is 0. The van der Waals surface area contributed by atoms with Gasteiger partial charge in [-0.3, -0.25) is 9.89 Å². The van der Waals surface area contributed by atoms with Crippen molar-refractivity contribution in [1.82, 2.24) is 9.80 Å². The molecule has 174 valence electrons. The summed E-state index contributed by atoms with van der Waals surface area (Å²) in [6, 6.07) is 5.94. The molecule has 4 nitrogen and oxygen atoms in total. The highest BCUT2D eigenvalue weighted by molar-refractivity contribution is 5.84. The lowest BCUT2D eigenvalue weighted by atomic mass is 10.1. The Labute approximate surface area is 185 Å². The standard InChI is InChI=1S/C24H37F3N4/c1-5-8-14-28-23(31(7-3)20(4)9-6-2)19-29-15-17-30(18-16-29)22-12-10-21(11-13-22)24(25,26)27/h5,8,10-13,20H,6-7,9,14-19H2,1-4H3/b8-5-,28-23?/t20-/m0/s1. The number of rotatable bonds is 9. The van der Waals surface area contributed by atoms with Crippen LogP contribution in [0.3, 0.4) is 0 Å². The number of hydrogen-bond donors (Lipinski definition) is 0. The molecule has 0 unspecified atom stereocenters. The Bertz CT molecular complexity index is 705. The van der Waals surface area contributed by atoms with Crippen LogP contribution in [0.15, 0.2) is 41.4 Å². The summed E-state index contributed by atoms with van der Waals surface area (Å²) in [4.78, 5) is 11.9. The number of allylic oxidation sites excluding steroid dienone is 1. The number of nitrogens with zero attached hydrogens (tertiary/aromatic N) is 4. The molecular weight excluding hydrogens is 401 g/mol. The number of aliphatic imine (C=N–C) groups is 1. The van der Waals surface area contributed by atoms with Gasteiger partial charge in [0.25, 0.3) is 0 Å². The molecular formula is C24H37F3N4. The topological polar surface area (TPSA) is 22.1 Å². The first-order valence-electron chi connectivity index (χ1n) is 11.4. The highest BCUT2D eigenvalue weighted by Gasteiger charge is 2.30. The van der Waals surface area contributed by atoms with Gasteiger partial charge in [-0.1, -0.05) is 25.5 Å². The molecule has 7 heteroatoms. The van der Waals surface area contributed by atoms with E-state index in [1.165, 1.54) is 12.1 Å². The molecule has 1 atom stereocenters. The van der Waals surface area contributed by atoms with E-state index in [2.05, 4.69) is 41.5 Å². The summed E-state index contributed by atoms with van der Waals surface area (Å²) in [6.07, 6.45) is 2.08. The molecule has 0 N–H and O–H groups in total. The summed E-state index contributed by atoms with van der Waals surface area (Å²) < 4.78 is 38.4. The Morgan fingerprint density at radius 1 is 1.13 bits per heavy atom. The van der Waals surface area contributed by atoms with E-state index >= 15 is 0 Å². The monoisotopic (exact) mass is 438 g/mol. The molecule has 1 heterocycles. The fourth-order valence-electron chi connectivity index (χ4n) is 4.04. The van der Waals surface area contributed by atoms with Crippen LogP contribution in [0.5, 0.6) is 0 Å². The van der Waals surface area contributed by atoms with E-state index in [0.717, 1.165) is 63.6 Å². The van der Waals surface area contributed by atoms with E-state index in [1.54, 1.807) is 12.1 Å². The van der Waals surface area contributed by atoms with Gasteiger partial charge in [0.15, 0.2) is 0 Å². The van der Waals surface area contributed by atoms with Crippen molar-refractivity contribution in [2.45, 2.75) is 52.8 Å². The van der Waals surface area contributed by atoms with Gasteiger partial charge in [-0.15, -0.1) is 0 Å². The Balaban J connectivity index is 2.01. The second-order valence-corrected chi connectivity index (χ2v) is 8.06. The molecule has 1 aromatic carbocycles. The summed E-state index contributed by atoms with van der Waals surface area (Å²) in [5, 5.41) is 0. The minimum atomic E-state index is -4.29. The van der Waals surface area contributed by atoms with Gasteiger partial charge < -0.3 is 9.80 Å². The quantitative estimate of drug-likeness (QED) is 0.296. The van der Waals surface area contributed by atoms with E-state index in [-0.39, 0.29) is 0 Å². The van der Waals surface area contributed by atoms with Crippen molar-refractivity contribution in [2.75, 3.05) is 50.7 Å². The second kappa shape index (κ2) is 12.1. The molecule has 0 amide bonds. The largest absolute Gasteiger partial charge is 0.416 e. The smallest absolute Gasteiger partial charge is 0.369 e. The molecule has 0 saturated carbocycles. The number of hydrogen-bond acceptors (Lipinski definition) is 3. The zero-order valence-corrected chi connectivity index (χ0v) is 19.3. The average Bonchev–Trinajstić information content (AvgIpc) is 2.74. The van der Waals surface area contributed by atoms with Crippen LogP contribution in [-0.4, -0.2) is 67.5 Å². The Kier molecular flexibility index (Phi) is 9.88. The van der Waals surface area contributed by atoms with Crippen LogP contribution in [0.25, 0.3) is 0 Å². The van der Waals surface area contributed by atoms with Crippen LogP contribution < -0.4 is 4.90 Å². The van der Waals surface area contributed by atoms with Gasteiger partial charge in [-0.05, 0) is 51.5 Å². The fourth-order valence-corrected chi connectivity index (χ4v) is 4.04. The minimum Gasteiger partial charge on any atom is -0.369 e. The van der Waals surface area contributed by atoms with Crippen LogP contribution in [0.4, 0.5) is 18.9 Å². The Morgan fingerprint density at radius 2 is 1.77 bits per heavy atom. The maximum atomic E-state index is 12.8. The molecule has 0 aliphatic carbocycles. The third-order valence-corrected chi connectivity index (χ3v) is 5.82. The lowest BCUT2D eigenvalue weighted by molar-refractivity contribution is -0.137. The van der Waals surface area contributed by atoms with Crippen molar-refractivity contribution in [3.63, 3.8) is 0 Å². The maximum Gasteiger partial charge on any atom is 0.416 e. The zero-order chi connectivity index (χ0) is 22.9. The summed E-state index contributed by atoms with van der Waals surface area (Å²) in [6.45, 7) is 14.4. The van der Waals surface area contributed by atoms with Crippen molar-refractivity contribution in [2.24, 2.45) is 4.99 Å². The van der Waals surface area contributed by atoms with E-state index in [9.17, 15) is 13.2 Å². The number of halogens is 3. The first kappa shape index (κ1) is 25.2. The van der Waals surface area contributed by atoms with Gasteiger partial charge >= 0.3 is 6.18 Å². The normalized spacial score (nSPS) is 17.4. The van der Waals surface area contributed by atoms with Crippen LogP contribution in [-0.2, 0) is 6.18 Å². The van der Waals surface area contributed by atoms with Gasteiger partial charge in [-0.2, -0.15) is 13.2 Å². The molecule has 1 aliphatic heterocycles. The minimum absolute atomic E-state index is 0.452. The number of alkyl halides is 3. The summed E-state index contributed by atoms with van der Waals surface area (Å²) >= 11 is 0. The predicted octanol–water partition coefficient (Wildman–Crippen LogP) is 5.31. The maximum absolute atomic E-state index is 12.8. The van der Waals surface area contributed by atoms with Crippen molar-refractivity contribution >= 4 is 11.5 Å². The van der Waals surface area contributed by atoms with Gasteiger partial charge in [0, 0.05) is 44.5 Å². The molecule has 1 saturated heterocycles. The zero-order valence-electron chi connectivity index (χ0n) is 19.3. The molecule has 31 heavy (non-hydrogen) atoms. The molecule has 0 bridgehead atoms. The first-order valence-corrected chi connectivity index (χ1v) is 11.4. The van der Waals surface area contributed by atoms with E-state index in [1.807, 2.05) is 13.0 Å². The van der Waals surface area contributed by atoms with E-state index in [0.29, 0.717) is 12.6 Å². The molecule has 1 aromatic rings. The van der Waals surface area contributed by atoms with Crippen LogP contribution >= 0.6 is 0 Å². The third kappa shape index (κ3) is 7.56. The predicted molar refractivity (Wildman–Crippen MR) is 124 cm³/mol. The molecule has 0 radical (unpaired) electrons. The number of piperazine rings is 1. The number of likely N-dealkylation sites (N-methyl/N-ethyl adjacent to an activating group) is 1. The molecule has 0 spiro atoms. The van der Waals surface area contributed by atoms with Crippen molar-refractivity contribution in [3.05, 3.63) is 42.0 Å². The third-order valence-electron chi connectivity index (χ3n) is 5.82. The van der Waals surface area contributed by atoms with Crippen molar-refractivity contribution < 1.29 is 13.2 Å². The van der Waals surface area contributed by atoms with Gasteiger partial charge in [0.05, 0.1) is 18.7 Å². The highest BCUT2D eigenvalue weighted by atomic mass is 19.4. The summed E-state index contributed by atoms with van der Waals surface area (Å²) in [5.74, 6) is 1.13. The van der Waals surface area contributed by atoms with Crippen LogP contribution in [0.2, 0.25) is 0 Å². The highest BCUT2D eigenvalue weighted by Crippen LogP contribution is 2.30. The molecule has 1 aliphatic rings. The Morgan fingerprint density at radius 3 is 2.29 bits per heavy atom. The second-order valence-electron chi connectivity index (χ2n) is 8.06. The van der Waals surface area contributed by atoms with Gasteiger partial charge in [0.2, 0.25) is 0 Å². The lowest BCUT2D eigenvalue weighted by Crippen LogP contribution is -2.51. The molecule has 2 rings (SSSR count). The molecule has 0 aromatic heterocycles. The Hall–Kier alpha value is -2.02. The van der Waals surface area contributed by atoms with Crippen LogP contribution in [0.1, 0.15) is 46.1 Å². The SMILES string of the molecule is C/C=C\CN=C(CN1CCN(c2ccc(C(F)(F)F)cc2)CC1)N(CC)[C@@H](C)CCC. The van der Waals surface area contributed by atoms with Crippen molar-refractivity contribution in [3.8, 4) is 0 Å². The number of anilines is 1.